The van der Waals surface area contributed by atoms with Crippen LogP contribution in [0.5, 0.6) is 0 Å². The van der Waals surface area contributed by atoms with Gasteiger partial charge >= 0.3 is 0 Å². The Hall–Kier alpha value is 0. The Morgan fingerprint density at radius 3 is 1.76 bits per heavy atom. The van der Waals surface area contributed by atoms with Crippen molar-refractivity contribution in [1.82, 2.24) is 0 Å². The average Bonchev–Trinajstić information content (AvgIpc) is 2.17. The van der Waals surface area contributed by atoms with Crippen LogP contribution < -0.4 is 0 Å². The molecule has 0 bridgehead atoms. The predicted molar refractivity (Wildman–Crippen MR) is 80.3 cm³/mol. The van der Waals surface area contributed by atoms with Crippen molar-refractivity contribution in [2.75, 3.05) is 0 Å². The van der Waals surface area contributed by atoms with E-state index in [0.717, 1.165) is 11.8 Å². The van der Waals surface area contributed by atoms with Gasteiger partial charge in [0.25, 0.3) is 0 Å². The van der Waals surface area contributed by atoms with Crippen molar-refractivity contribution in [2.24, 2.45) is 22.7 Å². The van der Waals surface area contributed by atoms with Crippen LogP contribution in [0.2, 0.25) is 0 Å². The molecule has 0 amide bonds. The number of hydrogen-bond donors (Lipinski definition) is 0. The first-order chi connectivity index (χ1) is 7.69. The molecule has 2 atom stereocenters. The van der Waals surface area contributed by atoms with E-state index < -0.39 is 0 Å². The topological polar surface area (TPSA) is 0 Å². The van der Waals surface area contributed by atoms with E-state index in [1.165, 1.54) is 32.1 Å². The lowest BCUT2D eigenvalue weighted by Crippen LogP contribution is -2.34. The molecule has 17 heavy (non-hydrogen) atoms. The molecule has 0 heteroatoms. The zero-order valence-electron chi connectivity index (χ0n) is 13.7. The third kappa shape index (κ3) is 5.02. The first-order valence-corrected chi connectivity index (χ1v) is 7.69. The van der Waals surface area contributed by atoms with Crippen molar-refractivity contribution in [3.63, 3.8) is 0 Å². The summed E-state index contributed by atoms with van der Waals surface area (Å²) >= 11 is 0. The molecule has 0 heterocycles. The standard InChI is InChI=1S/C17H36/c1-9-11-15(5)17(8,12-10-2)13-16(6,7)14(3)4/h14-15H,9-13H2,1-8H3. The average molecular weight is 240 g/mol. The van der Waals surface area contributed by atoms with Crippen molar-refractivity contribution in [3.05, 3.63) is 0 Å². The van der Waals surface area contributed by atoms with Crippen LogP contribution in [0.1, 0.15) is 87.5 Å². The molecule has 0 radical (unpaired) electrons. The van der Waals surface area contributed by atoms with E-state index >= 15 is 0 Å². The SMILES string of the molecule is CCCC(C)C(C)(CCC)CC(C)(C)C(C)C. The number of hydrogen-bond acceptors (Lipinski definition) is 0. The quantitative estimate of drug-likeness (QED) is 0.467. The van der Waals surface area contributed by atoms with E-state index in [1.54, 1.807) is 0 Å². The van der Waals surface area contributed by atoms with Crippen molar-refractivity contribution >= 4 is 0 Å². The zero-order valence-corrected chi connectivity index (χ0v) is 13.7. The Morgan fingerprint density at radius 1 is 0.882 bits per heavy atom. The summed E-state index contributed by atoms with van der Waals surface area (Å²) in [6, 6.07) is 0. The minimum absolute atomic E-state index is 0.464. The molecule has 0 saturated carbocycles. The smallest absolute Gasteiger partial charge is 0.0295 e. The lowest BCUT2D eigenvalue weighted by Gasteiger charge is -2.44. The second-order valence-corrected chi connectivity index (χ2v) is 7.41. The van der Waals surface area contributed by atoms with Crippen molar-refractivity contribution in [2.45, 2.75) is 87.5 Å². The fourth-order valence-electron chi connectivity index (χ4n) is 3.11. The first kappa shape index (κ1) is 17.0. The highest BCUT2D eigenvalue weighted by molar-refractivity contribution is 4.87. The Bertz CT molecular complexity index is 202. The fraction of sp³-hybridized carbons (Fsp3) is 1.00. The summed E-state index contributed by atoms with van der Waals surface area (Å²) in [7, 11) is 0. The van der Waals surface area contributed by atoms with E-state index in [4.69, 9.17) is 0 Å². The second kappa shape index (κ2) is 6.81. The van der Waals surface area contributed by atoms with E-state index in [0.29, 0.717) is 10.8 Å². The van der Waals surface area contributed by atoms with Crippen LogP contribution in [-0.4, -0.2) is 0 Å². The molecule has 2 unspecified atom stereocenters. The lowest BCUT2D eigenvalue weighted by molar-refractivity contribution is 0.0661. The highest BCUT2D eigenvalue weighted by Gasteiger charge is 2.37. The van der Waals surface area contributed by atoms with Crippen LogP contribution in [-0.2, 0) is 0 Å². The summed E-state index contributed by atoms with van der Waals surface area (Å²) in [5.41, 5.74) is 0.991. The molecule has 0 aromatic carbocycles. The van der Waals surface area contributed by atoms with Gasteiger partial charge in [-0.2, -0.15) is 0 Å². The normalized spacial score (nSPS) is 18.2. The largest absolute Gasteiger partial charge is 0.0654 e. The van der Waals surface area contributed by atoms with Gasteiger partial charge in [0.1, 0.15) is 0 Å². The minimum atomic E-state index is 0.464. The Morgan fingerprint density at radius 2 is 1.41 bits per heavy atom. The van der Waals surface area contributed by atoms with E-state index in [1.807, 2.05) is 0 Å². The summed E-state index contributed by atoms with van der Waals surface area (Å²) in [4.78, 5) is 0. The van der Waals surface area contributed by atoms with Gasteiger partial charge in [-0.25, -0.2) is 0 Å². The van der Waals surface area contributed by atoms with E-state index in [2.05, 4.69) is 55.4 Å². The molecule has 0 spiro atoms. The maximum atomic E-state index is 2.53. The fourth-order valence-corrected chi connectivity index (χ4v) is 3.11. The molecule has 0 N–H and O–H groups in total. The maximum Gasteiger partial charge on any atom is -0.0295 e. The van der Waals surface area contributed by atoms with Gasteiger partial charge in [0.2, 0.25) is 0 Å². The van der Waals surface area contributed by atoms with Crippen LogP contribution in [0.25, 0.3) is 0 Å². The first-order valence-electron chi connectivity index (χ1n) is 7.69. The van der Waals surface area contributed by atoms with Crippen LogP contribution in [0, 0.1) is 22.7 Å². The monoisotopic (exact) mass is 240 g/mol. The van der Waals surface area contributed by atoms with Gasteiger partial charge in [-0.05, 0) is 35.5 Å². The lowest BCUT2D eigenvalue weighted by atomic mass is 9.62. The summed E-state index contributed by atoms with van der Waals surface area (Å²) in [5, 5.41) is 0. The van der Waals surface area contributed by atoms with Crippen LogP contribution in [0.15, 0.2) is 0 Å². The van der Waals surface area contributed by atoms with Crippen molar-refractivity contribution in [3.8, 4) is 0 Å². The highest BCUT2D eigenvalue weighted by Crippen LogP contribution is 2.47. The number of rotatable bonds is 8. The molecule has 0 aliphatic carbocycles. The summed E-state index contributed by atoms with van der Waals surface area (Å²) in [5.74, 6) is 1.62. The summed E-state index contributed by atoms with van der Waals surface area (Å²) < 4.78 is 0. The summed E-state index contributed by atoms with van der Waals surface area (Å²) in [6.45, 7) is 19.3. The van der Waals surface area contributed by atoms with Gasteiger partial charge in [0.05, 0.1) is 0 Å². The Balaban J connectivity index is 4.82. The Kier molecular flexibility index (Phi) is 6.81. The van der Waals surface area contributed by atoms with Crippen LogP contribution >= 0.6 is 0 Å². The third-order valence-electron chi connectivity index (χ3n) is 5.15. The molecule has 0 rings (SSSR count). The van der Waals surface area contributed by atoms with Gasteiger partial charge in [-0.15, -0.1) is 0 Å². The third-order valence-corrected chi connectivity index (χ3v) is 5.15. The molecule has 0 aliphatic rings. The maximum absolute atomic E-state index is 2.53. The van der Waals surface area contributed by atoms with E-state index in [-0.39, 0.29) is 0 Å². The molecule has 0 saturated heterocycles. The second-order valence-electron chi connectivity index (χ2n) is 7.41. The van der Waals surface area contributed by atoms with E-state index in [9.17, 15) is 0 Å². The molecule has 0 aromatic heterocycles. The van der Waals surface area contributed by atoms with Gasteiger partial charge in [-0.1, -0.05) is 74.7 Å². The minimum Gasteiger partial charge on any atom is -0.0654 e. The predicted octanol–water partition coefficient (Wildman–Crippen LogP) is 6.30. The zero-order chi connectivity index (χ0) is 13.7. The summed E-state index contributed by atoms with van der Waals surface area (Å²) in [6.07, 6.45) is 6.77. The van der Waals surface area contributed by atoms with Crippen LogP contribution in [0.4, 0.5) is 0 Å². The van der Waals surface area contributed by atoms with Crippen LogP contribution in [0.3, 0.4) is 0 Å². The van der Waals surface area contributed by atoms with Gasteiger partial charge in [-0.3, -0.25) is 0 Å². The van der Waals surface area contributed by atoms with Gasteiger partial charge in [0.15, 0.2) is 0 Å². The molecular weight excluding hydrogens is 204 g/mol. The van der Waals surface area contributed by atoms with Crippen molar-refractivity contribution < 1.29 is 0 Å². The molecule has 0 fully saturated rings. The molecule has 0 aromatic rings. The molecular formula is C17H36. The Labute approximate surface area is 111 Å². The molecule has 104 valence electrons. The molecule has 0 nitrogen and oxygen atoms in total. The van der Waals surface area contributed by atoms with Gasteiger partial charge < -0.3 is 0 Å². The van der Waals surface area contributed by atoms with Crippen molar-refractivity contribution in [1.29, 1.82) is 0 Å². The van der Waals surface area contributed by atoms with Gasteiger partial charge in [0, 0.05) is 0 Å². The highest BCUT2D eigenvalue weighted by atomic mass is 14.4. The molecule has 0 aliphatic heterocycles.